The van der Waals surface area contributed by atoms with Gasteiger partial charge in [-0.3, -0.25) is 10.1 Å². The fourth-order valence-corrected chi connectivity index (χ4v) is 3.99. The normalized spacial score (nSPS) is 20.6. The summed E-state index contributed by atoms with van der Waals surface area (Å²) >= 11 is 0. The first-order chi connectivity index (χ1) is 9.43. The number of sulfone groups is 1. The van der Waals surface area contributed by atoms with Gasteiger partial charge in [0.1, 0.15) is 11.4 Å². The summed E-state index contributed by atoms with van der Waals surface area (Å²) in [6, 6.07) is 4.68. The van der Waals surface area contributed by atoms with Crippen molar-refractivity contribution in [3.8, 4) is 0 Å². The Kier molecular flexibility index (Phi) is 4.12. The summed E-state index contributed by atoms with van der Waals surface area (Å²) in [5.74, 6) is 0.154. The van der Waals surface area contributed by atoms with Crippen LogP contribution < -0.4 is 10.6 Å². The Labute approximate surface area is 117 Å². The lowest BCUT2D eigenvalue weighted by atomic mass is 10.2. The molecule has 0 spiro atoms. The van der Waals surface area contributed by atoms with E-state index < -0.39 is 14.8 Å². The van der Waals surface area contributed by atoms with E-state index in [1.807, 2.05) is 6.92 Å². The van der Waals surface area contributed by atoms with Crippen molar-refractivity contribution in [1.82, 2.24) is 0 Å². The Balaban J connectivity index is 2.27. The van der Waals surface area contributed by atoms with Gasteiger partial charge < -0.3 is 10.6 Å². The molecular formula is C12H17N3O4S. The maximum absolute atomic E-state index is 11.4. The summed E-state index contributed by atoms with van der Waals surface area (Å²) in [6.07, 6.45) is 0.477. The van der Waals surface area contributed by atoms with E-state index in [9.17, 15) is 18.5 Å². The number of rotatable bonds is 5. The molecule has 0 saturated carbocycles. The van der Waals surface area contributed by atoms with Crippen LogP contribution in [0.25, 0.3) is 0 Å². The van der Waals surface area contributed by atoms with E-state index >= 15 is 0 Å². The number of nitro groups is 1. The Morgan fingerprint density at radius 3 is 2.65 bits per heavy atom. The van der Waals surface area contributed by atoms with E-state index in [1.165, 1.54) is 0 Å². The maximum Gasteiger partial charge on any atom is 0.315 e. The van der Waals surface area contributed by atoms with E-state index in [0.29, 0.717) is 24.3 Å². The molecule has 0 aliphatic carbocycles. The lowest BCUT2D eigenvalue weighted by Crippen LogP contribution is -2.21. The molecule has 1 aromatic rings. The average molecular weight is 299 g/mol. The van der Waals surface area contributed by atoms with Gasteiger partial charge in [-0.1, -0.05) is 6.07 Å². The van der Waals surface area contributed by atoms with Crippen molar-refractivity contribution in [2.75, 3.05) is 28.7 Å². The van der Waals surface area contributed by atoms with Gasteiger partial charge >= 0.3 is 5.69 Å². The Hall–Kier alpha value is -1.83. The number of nitrogens with zero attached hydrogens (tertiary/aromatic N) is 1. The third-order valence-corrected chi connectivity index (χ3v) is 4.95. The first kappa shape index (κ1) is 14.6. The molecule has 2 rings (SSSR count). The molecule has 1 aliphatic heterocycles. The van der Waals surface area contributed by atoms with Gasteiger partial charge in [0.2, 0.25) is 0 Å². The summed E-state index contributed by atoms with van der Waals surface area (Å²) in [6.45, 7) is 2.43. The van der Waals surface area contributed by atoms with Gasteiger partial charge in [0.05, 0.1) is 16.4 Å². The van der Waals surface area contributed by atoms with E-state index in [4.69, 9.17) is 0 Å². The van der Waals surface area contributed by atoms with E-state index in [2.05, 4.69) is 10.6 Å². The van der Waals surface area contributed by atoms with Gasteiger partial charge in [0, 0.05) is 12.6 Å². The lowest BCUT2D eigenvalue weighted by Gasteiger charge is -2.14. The molecule has 1 fully saturated rings. The van der Waals surface area contributed by atoms with Gasteiger partial charge in [-0.15, -0.1) is 0 Å². The minimum Gasteiger partial charge on any atom is -0.380 e. The Morgan fingerprint density at radius 1 is 1.40 bits per heavy atom. The molecule has 20 heavy (non-hydrogen) atoms. The highest BCUT2D eigenvalue weighted by Gasteiger charge is 2.30. The summed E-state index contributed by atoms with van der Waals surface area (Å²) in [5.41, 5.74) is 0.748. The highest BCUT2D eigenvalue weighted by Crippen LogP contribution is 2.34. The molecule has 8 heteroatoms. The van der Waals surface area contributed by atoms with Crippen LogP contribution in [0.1, 0.15) is 13.3 Å². The second-order valence-corrected chi connectivity index (χ2v) is 6.96. The number of benzene rings is 1. The van der Waals surface area contributed by atoms with E-state index in [1.54, 1.807) is 18.2 Å². The van der Waals surface area contributed by atoms with Crippen LogP contribution >= 0.6 is 0 Å². The van der Waals surface area contributed by atoms with Crippen molar-refractivity contribution < 1.29 is 13.3 Å². The van der Waals surface area contributed by atoms with Gasteiger partial charge in [-0.05, 0) is 25.5 Å². The Morgan fingerprint density at radius 2 is 2.10 bits per heavy atom. The SMILES string of the molecule is CCNc1cccc(NC2CCS(=O)(=O)C2)c1[N+](=O)[O-]. The van der Waals surface area contributed by atoms with Crippen molar-refractivity contribution in [2.45, 2.75) is 19.4 Å². The van der Waals surface area contributed by atoms with Crippen LogP contribution in [0.2, 0.25) is 0 Å². The van der Waals surface area contributed by atoms with Gasteiger partial charge in [-0.2, -0.15) is 0 Å². The van der Waals surface area contributed by atoms with Crippen molar-refractivity contribution in [2.24, 2.45) is 0 Å². The molecule has 1 saturated heterocycles. The third-order valence-electron chi connectivity index (χ3n) is 3.18. The molecule has 1 aliphatic rings. The molecule has 1 atom stereocenters. The molecule has 110 valence electrons. The fourth-order valence-electron chi connectivity index (χ4n) is 2.32. The smallest absolute Gasteiger partial charge is 0.315 e. The van der Waals surface area contributed by atoms with Crippen LogP contribution in [0, 0.1) is 10.1 Å². The molecule has 0 radical (unpaired) electrons. The minimum absolute atomic E-state index is 0.0234. The largest absolute Gasteiger partial charge is 0.380 e. The molecular weight excluding hydrogens is 282 g/mol. The standard InChI is InChI=1S/C12H17N3O4S/c1-2-13-10-4-3-5-11(12(10)15(16)17)14-9-6-7-20(18,19)8-9/h3-5,9,13-14H,2,6-8H2,1H3. The highest BCUT2D eigenvalue weighted by molar-refractivity contribution is 7.91. The zero-order chi connectivity index (χ0) is 14.8. The van der Waals surface area contributed by atoms with Crippen LogP contribution in [0.15, 0.2) is 18.2 Å². The fraction of sp³-hybridized carbons (Fsp3) is 0.500. The lowest BCUT2D eigenvalue weighted by molar-refractivity contribution is -0.383. The molecule has 2 N–H and O–H groups in total. The van der Waals surface area contributed by atoms with Gasteiger partial charge in [-0.25, -0.2) is 8.42 Å². The number of hydrogen-bond acceptors (Lipinski definition) is 6. The number of nitrogens with one attached hydrogen (secondary N) is 2. The van der Waals surface area contributed by atoms with Crippen LogP contribution in [-0.4, -0.2) is 37.4 Å². The summed E-state index contributed by atoms with van der Waals surface area (Å²) in [4.78, 5) is 10.8. The molecule has 1 unspecified atom stereocenters. The summed E-state index contributed by atoms with van der Waals surface area (Å²) in [5, 5.41) is 17.1. The van der Waals surface area contributed by atoms with E-state index in [0.717, 1.165) is 0 Å². The van der Waals surface area contributed by atoms with Crippen LogP contribution in [0.4, 0.5) is 17.1 Å². The van der Waals surface area contributed by atoms with E-state index in [-0.39, 0.29) is 23.2 Å². The third kappa shape index (κ3) is 3.19. The molecule has 7 nitrogen and oxygen atoms in total. The average Bonchev–Trinajstić information content (AvgIpc) is 2.69. The zero-order valence-electron chi connectivity index (χ0n) is 11.1. The second-order valence-electron chi connectivity index (χ2n) is 4.73. The first-order valence-corrected chi connectivity index (χ1v) is 8.23. The second kappa shape index (κ2) is 5.66. The monoisotopic (exact) mass is 299 g/mol. The van der Waals surface area contributed by atoms with Crippen molar-refractivity contribution >= 4 is 26.9 Å². The number of para-hydroxylation sites is 1. The summed E-state index contributed by atoms with van der Waals surface area (Å²) in [7, 11) is -3.02. The predicted molar refractivity (Wildman–Crippen MR) is 77.9 cm³/mol. The van der Waals surface area contributed by atoms with Crippen molar-refractivity contribution in [3.63, 3.8) is 0 Å². The molecule has 0 amide bonds. The number of anilines is 2. The molecule has 1 aromatic carbocycles. The molecule has 0 aromatic heterocycles. The van der Waals surface area contributed by atoms with Crippen LogP contribution in [0.3, 0.4) is 0 Å². The molecule has 0 bridgehead atoms. The Bertz CT molecular complexity index is 615. The van der Waals surface area contributed by atoms with Crippen molar-refractivity contribution in [3.05, 3.63) is 28.3 Å². The number of nitro benzene ring substituents is 1. The minimum atomic E-state index is -3.02. The molecule has 1 heterocycles. The number of hydrogen-bond donors (Lipinski definition) is 2. The van der Waals surface area contributed by atoms with Gasteiger partial charge in [0.15, 0.2) is 9.84 Å². The summed E-state index contributed by atoms with van der Waals surface area (Å²) < 4.78 is 22.9. The first-order valence-electron chi connectivity index (χ1n) is 6.41. The van der Waals surface area contributed by atoms with Crippen LogP contribution in [0.5, 0.6) is 0 Å². The highest BCUT2D eigenvalue weighted by atomic mass is 32.2. The van der Waals surface area contributed by atoms with Crippen molar-refractivity contribution in [1.29, 1.82) is 0 Å². The van der Waals surface area contributed by atoms with Crippen LogP contribution in [-0.2, 0) is 9.84 Å². The zero-order valence-corrected chi connectivity index (χ0v) is 11.9. The van der Waals surface area contributed by atoms with Gasteiger partial charge in [0.25, 0.3) is 0 Å². The predicted octanol–water partition coefficient (Wildman–Crippen LogP) is 1.63. The maximum atomic E-state index is 11.4. The quantitative estimate of drug-likeness (QED) is 0.633. The topological polar surface area (TPSA) is 101 Å².